The Bertz CT molecular complexity index is 745. The van der Waals surface area contributed by atoms with Crippen molar-refractivity contribution in [2.45, 2.75) is 31.8 Å². The summed E-state index contributed by atoms with van der Waals surface area (Å²) in [5, 5.41) is 3.12. The Morgan fingerprint density at radius 3 is 2.77 bits per heavy atom. The standard InChI is InChI=1S/C21H27N3O2/c1-15-8-10-16(11-9-15)20(22)21(25)23-17-5-4-12-24(14-17)18-6-3-7-19(13-18)26-2/h3,6-11,13,17,20H,4-5,12,14,22H2,1-2H3,(H,23,25). The van der Waals surface area contributed by atoms with Gasteiger partial charge in [0.15, 0.2) is 0 Å². The van der Waals surface area contributed by atoms with Gasteiger partial charge in [-0.25, -0.2) is 0 Å². The molecule has 138 valence electrons. The molecule has 1 aliphatic heterocycles. The van der Waals surface area contributed by atoms with Crippen LogP contribution in [0.4, 0.5) is 5.69 Å². The lowest BCUT2D eigenvalue weighted by Gasteiger charge is -2.35. The van der Waals surface area contributed by atoms with Gasteiger partial charge >= 0.3 is 0 Å². The number of methoxy groups -OCH3 is 1. The number of anilines is 1. The van der Waals surface area contributed by atoms with Gasteiger partial charge in [0.1, 0.15) is 11.8 Å². The zero-order chi connectivity index (χ0) is 18.5. The molecule has 2 aromatic rings. The van der Waals surface area contributed by atoms with E-state index < -0.39 is 6.04 Å². The van der Waals surface area contributed by atoms with E-state index in [2.05, 4.69) is 16.3 Å². The van der Waals surface area contributed by atoms with Gasteiger partial charge in [-0.05, 0) is 37.5 Å². The number of nitrogens with zero attached hydrogens (tertiary/aromatic N) is 1. The Balaban J connectivity index is 1.62. The molecule has 1 amide bonds. The molecule has 0 spiro atoms. The number of aryl methyl sites for hydroxylation is 1. The molecule has 3 N–H and O–H groups in total. The fourth-order valence-electron chi connectivity index (χ4n) is 3.35. The molecule has 1 aliphatic rings. The lowest BCUT2D eigenvalue weighted by molar-refractivity contribution is -0.123. The first-order valence-electron chi connectivity index (χ1n) is 9.08. The van der Waals surface area contributed by atoms with E-state index >= 15 is 0 Å². The molecular formula is C21H27N3O2. The maximum absolute atomic E-state index is 12.6. The zero-order valence-corrected chi connectivity index (χ0v) is 15.4. The van der Waals surface area contributed by atoms with Crippen molar-refractivity contribution in [3.05, 3.63) is 59.7 Å². The number of carbonyl (C=O) groups excluding carboxylic acids is 1. The molecule has 26 heavy (non-hydrogen) atoms. The van der Waals surface area contributed by atoms with E-state index in [0.717, 1.165) is 48.5 Å². The summed E-state index contributed by atoms with van der Waals surface area (Å²) >= 11 is 0. The Morgan fingerprint density at radius 2 is 2.04 bits per heavy atom. The minimum Gasteiger partial charge on any atom is -0.497 e. The van der Waals surface area contributed by atoms with E-state index in [0.29, 0.717) is 0 Å². The second-order valence-corrected chi connectivity index (χ2v) is 6.88. The van der Waals surface area contributed by atoms with Crippen LogP contribution in [0.15, 0.2) is 48.5 Å². The number of amides is 1. The largest absolute Gasteiger partial charge is 0.497 e. The highest BCUT2D eigenvalue weighted by Gasteiger charge is 2.24. The maximum Gasteiger partial charge on any atom is 0.241 e. The van der Waals surface area contributed by atoms with Crippen LogP contribution in [0.3, 0.4) is 0 Å². The quantitative estimate of drug-likeness (QED) is 0.867. The summed E-state index contributed by atoms with van der Waals surface area (Å²) in [5.41, 5.74) is 9.26. The molecule has 0 aromatic heterocycles. The van der Waals surface area contributed by atoms with Crippen molar-refractivity contribution < 1.29 is 9.53 Å². The van der Waals surface area contributed by atoms with Crippen LogP contribution in [-0.4, -0.2) is 32.1 Å². The van der Waals surface area contributed by atoms with E-state index in [1.165, 1.54) is 0 Å². The van der Waals surface area contributed by atoms with Crippen LogP contribution in [0.25, 0.3) is 0 Å². The molecule has 0 saturated carbocycles. The van der Waals surface area contributed by atoms with Crippen molar-refractivity contribution in [2.75, 3.05) is 25.1 Å². The lowest BCUT2D eigenvalue weighted by atomic mass is 10.0. The molecule has 2 atom stereocenters. The maximum atomic E-state index is 12.6. The molecule has 1 fully saturated rings. The normalized spacial score (nSPS) is 18.3. The lowest BCUT2D eigenvalue weighted by Crippen LogP contribution is -2.49. The van der Waals surface area contributed by atoms with Crippen molar-refractivity contribution in [3.8, 4) is 5.75 Å². The third-order valence-electron chi connectivity index (χ3n) is 4.91. The van der Waals surface area contributed by atoms with Gasteiger partial charge in [0.05, 0.1) is 7.11 Å². The van der Waals surface area contributed by atoms with Gasteiger partial charge in [0, 0.05) is 30.9 Å². The predicted octanol–water partition coefficient (Wildman–Crippen LogP) is 2.79. The van der Waals surface area contributed by atoms with Gasteiger partial charge in [-0.2, -0.15) is 0 Å². The number of carbonyl (C=O) groups is 1. The minimum absolute atomic E-state index is 0.0962. The van der Waals surface area contributed by atoms with Crippen LogP contribution < -0.4 is 20.7 Å². The van der Waals surface area contributed by atoms with Crippen molar-refractivity contribution in [1.82, 2.24) is 5.32 Å². The average molecular weight is 353 g/mol. The number of piperidine rings is 1. The van der Waals surface area contributed by atoms with Crippen LogP contribution in [0.1, 0.15) is 30.0 Å². The molecule has 0 radical (unpaired) electrons. The summed E-state index contributed by atoms with van der Waals surface area (Å²) in [6.45, 7) is 3.77. The van der Waals surface area contributed by atoms with E-state index in [1.54, 1.807) is 7.11 Å². The Labute approximate surface area is 155 Å². The van der Waals surface area contributed by atoms with Crippen LogP contribution in [0.5, 0.6) is 5.75 Å². The topological polar surface area (TPSA) is 67.6 Å². The fourth-order valence-corrected chi connectivity index (χ4v) is 3.35. The third kappa shape index (κ3) is 4.35. The van der Waals surface area contributed by atoms with Gasteiger partial charge < -0.3 is 20.7 Å². The first kappa shape index (κ1) is 18.3. The second kappa shape index (κ2) is 8.23. The van der Waals surface area contributed by atoms with Crippen LogP contribution in [0, 0.1) is 6.92 Å². The minimum atomic E-state index is -0.636. The van der Waals surface area contributed by atoms with Crippen LogP contribution in [0.2, 0.25) is 0 Å². The van der Waals surface area contributed by atoms with E-state index in [4.69, 9.17) is 10.5 Å². The van der Waals surface area contributed by atoms with E-state index in [9.17, 15) is 4.79 Å². The van der Waals surface area contributed by atoms with E-state index in [1.807, 2.05) is 49.4 Å². The monoisotopic (exact) mass is 353 g/mol. The first-order chi connectivity index (χ1) is 12.6. The number of nitrogens with one attached hydrogen (secondary N) is 1. The second-order valence-electron chi connectivity index (χ2n) is 6.88. The van der Waals surface area contributed by atoms with Crippen LogP contribution >= 0.6 is 0 Å². The average Bonchev–Trinajstić information content (AvgIpc) is 2.68. The number of rotatable bonds is 5. The molecule has 1 saturated heterocycles. The summed E-state index contributed by atoms with van der Waals surface area (Å²) in [6.07, 6.45) is 1.99. The highest BCUT2D eigenvalue weighted by atomic mass is 16.5. The first-order valence-corrected chi connectivity index (χ1v) is 9.08. The smallest absolute Gasteiger partial charge is 0.241 e. The molecule has 5 heteroatoms. The highest BCUT2D eigenvalue weighted by Crippen LogP contribution is 2.24. The van der Waals surface area contributed by atoms with E-state index in [-0.39, 0.29) is 11.9 Å². The number of ether oxygens (including phenoxy) is 1. The molecular weight excluding hydrogens is 326 g/mol. The van der Waals surface area contributed by atoms with Gasteiger partial charge in [0.25, 0.3) is 0 Å². The number of hydrogen-bond donors (Lipinski definition) is 2. The molecule has 2 unspecified atom stereocenters. The fraction of sp³-hybridized carbons (Fsp3) is 0.381. The van der Waals surface area contributed by atoms with Gasteiger partial charge in [0.2, 0.25) is 5.91 Å². The number of benzene rings is 2. The van der Waals surface area contributed by atoms with Crippen LogP contribution in [-0.2, 0) is 4.79 Å². The summed E-state index contributed by atoms with van der Waals surface area (Å²) in [4.78, 5) is 14.9. The molecule has 1 heterocycles. The molecule has 0 bridgehead atoms. The molecule has 2 aromatic carbocycles. The summed E-state index contributed by atoms with van der Waals surface area (Å²) < 4.78 is 5.31. The van der Waals surface area contributed by atoms with Gasteiger partial charge in [-0.1, -0.05) is 35.9 Å². The van der Waals surface area contributed by atoms with Crippen molar-refractivity contribution in [2.24, 2.45) is 5.73 Å². The van der Waals surface area contributed by atoms with Gasteiger partial charge in [-0.15, -0.1) is 0 Å². The number of nitrogens with two attached hydrogens (primary N) is 1. The van der Waals surface area contributed by atoms with Gasteiger partial charge in [-0.3, -0.25) is 4.79 Å². The molecule has 5 nitrogen and oxygen atoms in total. The Morgan fingerprint density at radius 1 is 1.27 bits per heavy atom. The summed E-state index contributed by atoms with van der Waals surface area (Å²) in [5.74, 6) is 0.724. The Kier molecular flexibility index (Phi) is 5.78. The van der Waals surface area contributed by atoms with Crippen molar-refractivity contribution in [3.63, 3.8) is 0 Å². The molecule has 0 aliphatic carbocycles. The number of hydrogen-bond acceptors (Lipinski definition) is 4. The Hall–Kier alpha value is -2.53. The van der Waals surface area contributed by atoms with Crippen molar-refractivity contribution >= 4 is 11.6 Å². The molecule has 3 rings (SSSR count). The highest BCUT2D eigenvalue weighted by molar-refractivity contribution is 5.83. The zero-order valence-electron chi connectivity index (χ0n) is 15.4. The third-order valence-corrected chi connectivity index (χ3v) is 4.91. The SMILES string of the molecule is COc1cccc(N2CCCC(NC(=O)C(N)c3ccc(C)cc3)C2)c1. The summed E-state index contributed by atoms with van der Waals surface area (Å²) in [7, 11) is 1.67. The summed E-state index contributed by atoms with van der Waals surface area (Å²) in [6, 6.07) is 15.3. The van der Waals surface area contributed by atoms with Crippen molar-refractivity contribution in [1.29, 1.82) is 0 Å². The predicted molar refractivity (Wildman–Crippen MR) is 104 cm³/mol.